The van der Waals surface area contributed by atoms with Crippen LogP contribution in [0.1, 0.15) is 5.69 Å². The lowest BCUT2D eigenvalue weighted by atomic mass is 10.0. The number of thioether (sulfide) groups is 1. The highest BCUT2D eigenvalue weighted by Crippen LogP contribution is 2.40. The monoisotopic (exact) mass is 433 g/mol. The van der Waals surface area contributed by atoms with Gasteiger partial charge in [0.1, 0.15) is 22.8 Å². The molecule has 0 saturated carbocycles. The van der Waals surface area contributed by atoms with Crippen molar-refractivity contribution in [2.75, 3.05) is 18.1 Å². The van der Waals surface area contributed by atoms with Gasteiger partial charge in [-0.05, 0) is 5.57 Å². The number of nitrogens with zero attached hydrogens (tertiary/aromatic N) is 3. The van der Waals surface area contributed by atoms with Crippen molar-refractivity contribution < 1.29 is 24.3 Å². The SMILES string of the molecule is C#CCON=C(C(=O)NC1C(=O)N2C(C(=O)O)=C(C=C)CS[C@@H]12)c1csc(N)n1. The Morgan fingerprint density at radius 3 is 2.97 bits per heavy atom. The van der Waals surface area contributed by atoms with Crippen molar-refractivity contribution in [1.29, 1.82) is 0 Å². The van der Waals surface area contributed by atoms with E-state index in [1.54, 1.807) is 0 Å². The molecule has 4 N–H and O–H groups in total. The lowest BCUT2D eigenvalue weighted by Gasteiger charge is -2.49. The molecule has 10 nitrogen and oxygen atoms in total. The Hall–Kier alpha value is -3.30. The number of thiazole rings is 1. The van der Waals surface area contributed by atoms with Gasteiger partial charge in [0.05, 0.1) is 0 Å². The van der Waals surface area contributed by atoms with Crippen molar-refractivity contribution in [3.8, 4) is 12.3 Å². The Labute approximate surface area is 173 Å². The predicted octanol–water partition coefficient (Wildman–Crippen LogP) is 0.00380. The van der Waals surface area contributed by atoms with Crippen LogP contribution in [0.15, 0.2) is 34.5 Å². The summed E-state index contributed by atoms with van der Waals surface area (Å²) in [5, 5.41) is 16.9. The number of anilines is 1. The molecule has 2 aliphatic rings. The summed E-state index contributed by atoms with van der Waals surface area (Å²) in [7, 11) is 0. The van der Waals surface area contributed by atoms with E-state index in [0.717, 1.165) is 16.2 Å². The predicted molar refractivity (Wildman–Crippen MR) is 108 cm³/mol. The highest BCUT2D eigenvalue weighted by atomic mass is 32.2. The zero-order valence-electron chi connectivity index (χ0n) is 14.8. The van der Waals surface area contributed by atoms with Crippen LogP contribution in [-0.2, 0) is 19.2 Å². The molecule has 2 atom stereocenters. The van der Waals surface area contributed by atoms with E-state index in [1.165, 1.54) is 23.2 Å². The lowest BCUT2D eigenvalue weighted by molar-refractivity contribution is -0.150. The van der Waals surface area contributed by atoms with Crippen molar-refractivity contribution in [2.45, 2.75) is 11.4 Å². The number of nitrogen functional groups attached to an aromatic ring is 1. The summed E-state index contributed by atoms with van der Waals surface area (Å²) in [6.45, 7) is 3.42. The van der Waals surface area contributed by atoms with Gasteiger partial charge in [-0.25, -0.2) is 9.78 Å². The number of fused-ring (bicyclic) bond motifs is 1. The molecule has 150 valence electrons. The number of nitrogens with two attached hydrogens (primary N) is 1. The number of terminal acetylenes is 1. The molecule has 2 amide bonds. The van der Waals surface area contributed by atoms with E-state index in [2.05, 4.69) is 28.0 Å². The molecule has 1 unspecified atom stereocenters. The maximum absolute atomic E-state index is 12.7. The number of allylic oxidation sites excluding steroid dienone is 1. The second-order valence-corrected chi connectivity index (χ2v) is 7.73. The highest BCUT2D eigenvalue weighted by Gasteiger charge is 2.54. The maximum Gasteiger partial charge on any atom is 0.352 e. The van der Waals surface area contributed by atoms with Gasteiger partial charge in [-0.2, -0.15) is 0 Å². The summed E-state index contributed by atoms with van der Waals surface area (Å²) in [6.07, 6.45) is 6.51. The van der Waals surface area contributed by atoms with Gasteiger partial charge in [-0.1, -0.05) is 23.7 Å². The molecular formula is C17H15N5O5S2. The van der Waals surface area contributed by atoms with Crippen LogP contribution >= 0.6 is 23.1 Å². The van der Waals surface area contributed by atoms with E-state index in [1.807, 2.05) is 0 Å². The molecule has 1 aromatic rings. The highest BCUT2D eigenvalue weighted by molar-refractivity contribution is 8.00. The number of carbonyl (C=O) groups excluding carboxylic acids is 2. The van der Waals surface area contributed by atoms with Gasteiger partial charge in [-0.15, -0.1) is 29.5 Å². The zero-order chi connectivity index (χ0) is 21.1. The van der Waals surface area contributed by atoms with Gasteiger partial charge < -0.3 is 21.0 Å². The van der Waals surface area contributed by atoms with Gasteiger partial charge >= 0.3 is 5.97 Å². The minimum absolute atomic E-state index is 0.127. The third-order valence-corrected chi connectivity index (χ3v) is 5.99. The normalized spacial score (nSPS) is 21.0. The number of hydrogen-bond donors (Lipinski definition) is 3. The summed E-state index contributed by atoms with van der Waals surface area (Å²) in [5.74, 6) is 0.0641. The van der Waals surface area contributed by atoms with Crippen molar-refractivity contribution in [1.82, 2.24) is 15.2 Å². The number of rotatable bonds is 7. The number of carboxylic acid groups (broad SMARTS) is 1. The minimum Gasteiger partial charge on any atom is -0.477 e. The van der Waals surface area contributed by atoms with Crippen LogP contribution in [0.2, 0.25) is 0 Å². The average molecular weight is 433 g/mol. The van der Waals surface area contributed by atoms with Crippen LogP contribution in [0.25, 0.3) is 0 Å². The van der Waals surface area contributed by atoms with Crippen LogP contribution in [0, 0.1) is 12.3 Å². The summed E-state index contributed by atoms with van der Waals surface area (Å²) >= 11 is 2.42. The Bertz CT molecular complexity index is 993. The second kappa shape index (κ2) is 8.38. The quantitative estimate of drug-likeness (QED) is 0.179. The number of β-lactam (4-membered cyclic amide) rings is 1. The lowest BCUT2D eigenvalue weighted by Crippen LogP contribution is -2.71. The van der Waals surface area contributed by atoms with Crippen LogP contribution in [0.5, 0.6) is 0 Å². The zero-order valence-corrected chi connectivity index (χ0v) is 16.5. The van der Waals surface area contributed by atoms with Crippen molar-refractivity contribution in [2.24, 2.45) is 5.16 Å². The average Bonchev–Trinajstić information content (AvgIpc) is 3.13. The summed E-state index contributed by atoms with van der Waals surface area (Å²) < 4.78 is 0. The first-order chi connectivity index (χ1) is 13.9. The number of aromatic nitrogens is 1. The van der Waals surface area contributed by atoms with Gasteiger partial charge in [-0.3, -0.25) is 14.5 Å². The van der Waals surface area contributed by atoms with E-state index >= 15 is 0 Å². The fourth-order valence-electron chi connectivity index (χ4n) is 2.74. The number of oxime groups is 1. The summed E-state index contributed by atoms with van der Waals surface area (Å²) in [5.41, 5.74) is 5.90. The molecular weight excluding hydrogens is 418 g/mol. The van der Waals surface area contributed by atoms with Crippen molar-refractivity contribution in [3.05, 3.63) is 35.0 Å². The first kappa shape index (κ1) is 20.4. The Morgan fingerprint density at radius 2 is 2.38 bits per heavy atom. The molecule has 29 heavy (non-hydrogen) atoms. The Morgan fingerprint density at radius 1 is 1.62 bits per heavy atom. The number of hydrogen-bond acceptors (Lipinski definition) is 9. The third-order valence-electron chi connectivity index (χ3n) is 4.02. The molecule has 2 aliphatic heterocycles. The smallest absolute Gasteiger partial charge is 0.352 e. The molecule has 1 fully saturated rings. The van der Waals surface area contributed by atoms with Crippen LogP contribution < -0.4 is 11.1 Å². The molecule has 3 heterocycles. The summed E-state index contributed by atoms with van der Waals surface area (Å²) in [6, 6.07) is -0.929. The second-order valence-electron chi connectivity index (χ2n) is 5.73. The first-order valence-corrected chi connectivity index (χ1v) is 10.0. The van der Waals surface area contributed by atoms with Gasteiger partial charge in [0.2, 0.25) is 0 Å². The largest absolute Gasteiger partial charge is 0.477 e. The number of amides is 2. The van der Waals surface area contributed by atoms with Crippen molar-refractivity contribution >= 4 is 51.7 Å². The fraction of sp³-hybridized carbons (Fsp3) is 0.235. The molecule has 3 rings (SSSR count). The van der Waals surface area contributed by atoms with E-state index in [0.29, 0.717) is 11.3 Å². The molecule has 0 spiro atoms. The maximum atomic E-state index is 12.7. The third kappa shape index (κ3) is 3.82. The Kier molecular flexibility index (Phi) is 5.90. The standard InChI is InChI=1S/C17H15N5O5S2/c1-3-5-27-21-10(9-7-29-17(18)19-9)13(23)20-11-14(24)22-12(16(25)26)8(4-2)6-28-15(11)22/h1,4,7,11,15H,2,5-6H2,(H2,18,19)(H,20,23)(H,25,26)/t11?,15-/m0/s1. The fourth-order valence-corrected chi connectivity index (χ4v) is 4.63. The molecule has 0 bridgehead atoms. The topological polar surface area (TPSA) is 147 Å². The molecule has 1 aromatic heterocycles. The molecule has 0 radical (unpaired) electrons. The van der Waals surface area contributed by atoms with Crippen LogP contribution in [-0.4, -0.2) is 62.3 Å². The van der Waals surface area contributed by atoms with Crippen LogP contribution in [0.4, 0.5) is 5.13 Å². The number of nitrogens with one attached hydrogen (secondary N) is 1. The van der Waals surface area contributed by atoms with Crippen LogP contribution in [0.3, 0.4) is 0 Å². The first-order valence-electron chi connectivity index (χ1n) is 8.08. The van der Waals surface area contributed by atoms with Crippen molar-refractivity contribution in [3.63, 3.8) is 0 Å². The number of carbonyl (C=O) groups is 3. The Balaban J connectivity index is 1.80. The van der Waals surface area contributed by atoms with Gasteiger partial charge in [0.15, 0.2) is 17.5 Å². The molecule has 12 heteroatoms. The van der Waals surface area contributed by atoms with E-state index in [9.17, 15) is 19.5 Å². The van der Waals surface area contributed by atoms with Gasteiger partial charge in [0.25, 0.3) is 11.8 Å². The minimum atomic E-state index is -1.23. The molecule has 0 aromatic carbocycles. The number of aliphatic carboxylic acids is 1. The van der Waals surface area contributed by atoms with Gasteiger partial charge in [0, 0.05) is 11.1 Å². The summed E-state index contributed by atoms with van der Waals surface area (Å²) in [4.78, 5) is 46.9. The van der Waals surface area contributed by atoms with E-state index < -0.39 is 29.2 Å². The van der Waals surface area contributed by atoms with E-state index in [-0.39, 0.29) is 28.8 Å². The molecule has 0 aliphatic carbocycles. The molecule has 1 saturated heterocycles. The van der Waals surface area contributed by atoms with E-state index in [4.69, 9.17) is 17.0 Å². The number of carboxylic acids is 1.